The molecule has 0 radical (unpaired) electrons. The molecular formula is C12H16N4O7. The Hall–Kier alpha value is -2.76. The third-order valence-corrected chi connectivity index (χ3v) is 2.56. The van der Waals surface area contributed by atoms with Gasteiger partial charge >= 0.3 is 5.97 Å². The fourth-order valence-corrected chi connectivity index (χ4v) is 1.63. The highest BCUT2D eigenvalue weighted by Gasteiger charge is 2.27. The van der Waals surface area contributed by atoms with Gasteiger partial charge in [-0.3, -0.25) is 10.2 Å². The van der Waals surface area contributed by atoms with Crippen molar-refractivity contribution in [1.82, 2.24) is 0 Å². The maximum Gasteiger partial charge on any atom is 0.371 e. The number of hydrogen-bond acceptors (Lipinski definition) is 7. The van der Waals surface area contributed by atoms with E-state index >= 15 is 0 Å². The van der Waals surface area contributed by atoms with Crippen molar-refractivity contribution in [2.75, 3.05) is 11.9 Å². The fraction of sp³-hybridized carbons (Fsp3) is 0.333. The minimum Gasteiger partial charge on any atom is -0.475 e. The molecule has 0 aliphatic rings. The molecule has 1 rings (SSSR count). The number of aliphatic hydroxyl groups excluding tert-OH is 3. The first-order valence-corrected chi connectivity index (χ1v) is 6.22. The first-order chi connectivity index (χ1) is 10.7. The molecule has 0 fully saturated rings. The molecule has 23 heavy (non-hydrogen) atoms. The van der Waals surface area contributed by atoms with E-state index in [1.54, 1.807) is 0 Å². The fourth-order valence-electron chi connectivity index (χ4n) is 1.63. The monoisotopic (exact) mass is 328 g/mol. The van der Waals surface area contributed by atoms with Gasteiger partial charge in [-0.1, -0.05) is 0 Å². The van der Waals surface area contributed by atoms with E-state index < -0.39 is 48.2 Å². The number of aromatic carboxylic acids is 1. The molecule has 0 bridgehead atoms. The Morgan fingerprint density at radius 2 is 2.09 bits per heavy atom. The smallest absolute Gasteiger partial charge is 0.371 e. The van der Waals surface area contributed by atoms with Crippen molar-refractivity contribution in [3.63, 3.8) is 0 Å². The van der Waals surface area contributed by atoms with Crippen LogP contribution >= 0.6 is 0 Å². The molecule has 0 saturated heterocycles. The number of carboxylic acid groups (broad SMARTS) is 1. The number of amides is 1. The van der Waals surface area contributed by atoms with Gasteiger partial charge in [0.15, 0.2) is 5.76 Å². The molecule has 0 spiro atoms. The van der Waals surface area contributed by atoms with Crippen LogP contribution in [0.3, 0.4) is 0 Å². The molecule has 0 aromatic carbocycles. The van der Waals surface area contributed by atoms with Gasteiger partial charge in [0.2, 0.25) is 17.6 Å². The second kappa shape index (κ2) is 7.49. The van der Waals surface area contributed by atoms with E-state index in [9.17, 15) is 19.8 Å². The normalized spacial score (nSPS) is 14.2. The summed E-state index contributed by atoms with van der Waals surface area (Å²) >= 11 is 0. The molecular weight excluding hydrogens is 312 g/mol. The van der Waals surface area contributed by atoms with Crippen molar-refractivity contribution in [3.05, 3.63) is 22.9 Å². The van der Waals surface area contributed by atoms with Crippen LogP contribution in [0.1, 0.15) is 29.3 Å². The standard InChI is InChI=1S/C12H16N4O7/c1-4(18)15-8-5(16-12(13)14)2-7(11(21)22)23-10(8)9(20)6(19)3-17/h2,6,9,17,19-20H,3H2,1H3,(H3,13,14)(H,15,18)(H,21,22)/b16-5+/t6-,9-/m1/s1. The van der Waals surface area contributed by atoms with Gasteiger partial charge in [-0.15, -0.1) is 0 Å². The average molecular weight is 328 g/mol. The summed E-state index contributed by atoms with van der Waals surface area (Å²) in [4.78, 5) is 25.9. The lowest BCUT2D eigenvalue weighted by molar-refractivity contribution is -0.114. The number of aliphatic hydroxyl groups is 3. The number of guanidine groups is 1. The molecule has 2 atom stereocenters. The topological polar surface area (TPSA) is 202 Å². The quantitative estimate of drug-likeness (QED) is 0.240. The Labute approximate surface area is 129 Å². The van der Waals surface area contributed by atoms with Crippen molar-refractivity contribution >= 4 is 23.5 Å². The van der Waals surface area contributed by atoms with Crippen LogP contribution in [0.25, 0.3) is 0 Å². The summed E-state index contributed by atoms with van der Waals surface area (Å²) in [6, 6.07) is 0.885. The minimum absolute atomic E-state index is 0.268. The number of carbonyl (C=O) groups excluding carboxylic acids is 1. The molecule has 8 N–H and O–H groups in total. The average Bonchev–Trinajstić information content (AvgIpc) is 2.45. The van der Waals surface area contributed by atoms with E-state index in [0.29, 0.717) is 0 Å². The summed E-state index contributed by atoms with van der Waals surface area (Å²) in [6.07, 6.45) is -3.57. The van der Waals surface area contributed by atoms with Gasteiger partial charge in [-0.25, -0.2) is 9.79 Å². The number of rotatable bonds is 5. The molecule has 0 saturated carbocycles. The van der Waals surface area contributed by atoms with Crippen molar-refractivity contribution in [2.45, 2.75) is 19.1 Å². The highest BCUT2D eigenvalue weighted by Crippen LogP contribution is 2.24. The lowest BCUT2D eigenvalue weighted by atomic mass is 10.1. The number of hydrogen-bond donors (Lipinski definition) is 7. The predicted molar refractivity (Wildman–Crippen MR) is 75.5 cm³/mol. The first kappa shape index (κ1) is 18.3. The number of nitrogens with zero attached hydrogens (tertiary/aromatic N) is 1. The van der Waals surface area contributed by atoms with Crippen LogP contribution < -0.4 is 16.4 Å². The van der Waals surface area contributed by atoms with E-state index in [-0.39, 0.29) is 11.0 Å². The van der Waals surface area contributed by atoms with E-state index in [1.165, 1.54) is 0 Å². The SMILES string of the molecule is CC(=O)Nc1c([C@H](O)[C@H](O)CO)oc(C(=O)O)c/c1=N\C(=N)N. The van der Waals surface area contributed by atoms with Crippen LogP contribution in [-0.4, -0.2) is 51.0 Å². The largest absolute Gasteiger partial charge is 0.475 e. The number of nitrogens with one attached hydrogen (secondary N) is 2. The number of carbonyl (C=O) groups is 2. The summed E-state index contributed by atoms with van der Waals surface area (Å²) in [7, 11) is 0. The van der Waals surface area contributed by atoms with Crippen molar-refractivity contribution in [3.8, 4) is 0 Å². The molecule has 126 valence electrons. The number of anilines is 1. The Bertz CT molecular complexity index is 697. The Balaban J connectivity index is 3.74. The summed E-state index contributed by atoms with van der Waals surface area (Å²) in [5.74, 6) is -4.07. The van der Waals surface area contributed by atoms with Gasteiger partial charge in [0, 0.05) is 13.0 Å². The Morgan fingerprint density at radius 1 is 1.48 bits per heavy atom. The zero-order chi connectivity index (χ0) is 17.7. The predicted octanol–water partition coefficient (Wildman–Crippen LogP) is -1.88. The number of nitrogens with two attached hydrogens (primary N) is 1. The van der Waals surface area contributed by atoms with Gasteiger partial charge in [0.1, 0.15) is 17.9 Å². The minimum atomic E-state index is -1.86. The first-order valence-electron chi connectivity index (χ1n) is 6.22. The van der Waals surface area contributed by atoms with Gasteiger partial charge < -0.3 is 35.9 Å². The van der Waals surface area contributed by atoms with Crippen LogP contribution in [0, 0.1) is 5.41 Å². The Kier molecular flexibility index (Phi) is 5.95. The molecule has 0 aliphatic carbocycles. The van der Waals surface area contributed by atoms with Crippen molar-refractivity contribution in [1.29, 1.82) is 5.41 Å². The second-order valence-corrected chi connectivity index (χ2v) is 4.41. The van der Waals surface area contributed by atoms with Gasteiger partial charge in [-0.05, 0) is 0 Å². The molecule has 1 aromatic rings. The lowest BCUT2D eigenvalue weighted by Gasteiger charge is -2.18. The zero-order valence-corrected chi connectivity index (χ0v) is 12.0. The molecule has 1 heterocycles. The summed E-state index contributed by atoms with van der Waals surface area (Å²) in [5, 5.41) is 46.5. The number of carboxylic acids is 1. The van der Waals surface area contributed by atoms with E-state index in [1.807, 2.05) is 0 Å². The van der Waals surface area contributed by atoms with E-state index in [0.717, 1.165) is 13.0 Å². The lowest BCUT2D eigenvalue weighted by Crippen LogP contribution is -2.28. The highest BCUT2D eigenvalue weighted by molar-refractivity contribution is 5.90. The third kappa shape index (κ3) is 4.60. The van der Waals surface area contributed by atoms with Crippen molar-refractivity contribution in [2.24, 2.45) is 10.7 Å². The maximum atomic E-state index is 11.3. The van der Waals surface area contributed by atoms with Crippen LogP contribution in [0.2, 0.25) is 0 Å². The van der Waals surface area contributed by atoms with E-state index in [4.69, 9.17) is 25.8 Å². The molecule has 0 aliphatic heterocycles. The molecule has 11 nitrogen and oxygen atoms in total. The summed E-state index contributed by atoms with van der Waals surface area (Å²) in [5.41, 5.74) is 4.86. The molecule has 1 amide bonds. The summed E-state index contributed by atoms with van der Waals surface area (Å²) < 4.78 is 4.97. The molecule has 11 heteroatoms. The highest BCUT2D eigenvalue weighted by atomic mass is 16.4. The maximum absolute atomic E-state index is 11.3. The molecule has 1 aromatic heterocycles. The van der Waals surface area contributed by atoms with Crippen molar-refractivity contribution < 1.29 is 34.4 Å². The van der Waals surface area contributed by atoms with Crippen LogP contribution in [0.5, 0.6) is 0 Å². The zero-order valence-electron chi connectivity index (χ0n) is 12.0. The van der Waals surface area contributed by atoms with Gasteiger partial charge in [-0.2, -0.15) is 0 Å². The second-order valence-electron chi connectivity index (χ2n) is 4.41. The van der Waals surface area contributed by atoms with E-state index in [2.05, 4.69) is 10.3 Å². The van der Waals surface area contributed by atoms with Gasteiger partial charge in [0.25, 0.3) is 0 Å². The van der Waals surface area contributed by atoms with Gasteiger partial charge in [0.05, 0.1) is 12.0 Å². The molecule has 0 unspecified atom stereocenters. The Morgan fingerprint density at radius 3 is 2.52 bits per heavy atom. The van der Waals surface area contributed by atoms with Crippen LogP contribution in [-0.2, 0) is 4.79 Å². The summed E-state index contributed by atoms with van der Waals surface area (Å²) in [6.45, 7) is 0.272. The van der Waals surface area contributed by atoms with Crippen LogP contribution in [0.4, 0.5) is 5.69 Å². The third-order valence-electron chi connectivity index (χ3n) is 2.56. The van der Waals surface area contributed by atoms with Crippen LogP contribution in [0.15, 0.2) is 15.5 Å².